The quantitative estimate of drug-likeness (QED) is 0.698. The molecule has 2 nitrogen and oxygen atoms in total. The summed E-state index contributed by atoms with van der Waals surface area (Å²) < 4.78 is 23.0. The summed E-state index contributed by atoms with van der Waals surface area (Å²) in [5.74, 6) is 1.47. The second kappa shape index (κ2) is 3.24. The summed E-state index contributed by atoms with van der Waals surface area (Å²) in [6.07, 6.45) is -0.392. The molecule has 0 saturated heterocycles. The minimum atomic E-state index is -0.819. The average Bonchev–Trinajstić information content (AvgIpc) is 2.49. The van der Waals surface area contributed by atoms with Crippen LogP contribution < -0.4 is 9.47 Å². The summed E-state index contributed by atoms with van der Waals surface area (Å²) >= 11 is 0. The van der Waals surface area contributed by atoms with Crippen LogP contribution in [0.15, 0.2) is 18.2 Å². The average molecular weight is 182 g/mol. The van der Waals surface area contributed by atoms with Gasteiger partial charge < -0.3 is 9.47 Å². The molecule has 0 N–H and O–H groups in total. The zero-order valence-electron chi connectivity index (χ0n) is 7.42. The van der Waals surface area contributed by atoms with Gasteiger partial charge in [0.25, 0.3) is 0 Å². The van der Waals surface area contributed by atoms with E-state index in [1.165, 1.54) is 0 Å². The van der Waals surface area contributed by atoms with Crippen LogP contribution in [0, 0.1) is 0 Å². The first kappa shape index (κ1) is 8.35. The lowest BCUT2D eigenvalue weighted by molar-refractivity contribution is 0.174. The number of hydrogen-bond donors (Lipinski definition) is 0. The van der Waals surface area contributed by atoms with Crippen molar-refractivity contribution >= 4 is 0 Å². The van der Waals surface area contributed by atoms with Crippen molar-refractivity contribution in [3.05, 3.63) is 23.8 Å². The maximum atomic E-state index is 12.7. The fraction of sp³-hybridized carbons (Fsp3) is 0.400. The summed E-state index contributed by atoms with van der Waals surface area (Å²) in [6, 6.07) is 5.52. The van der Waals surface area contributed by atoms with Gasteiger partial charge in [-0.2, -0.15) is 0 Å². The van der Waals surface area contributed by atoms with Crippen molar-refractivity contribution in [2.24, 2.45) is 0 Å². The molecule has 1 unspecified atom stereocenters. The molecule has 0 bridgehead atoms. The Bertz CT molecular complexity index is 310. The third-order valence-electron chi connectivity index (χ3n) is 1.95. The van der Waals surface area contributed by atoms with Crippen LogP contribution in [0.2, 0.25) is 0 Å². The molecule has 0 amide bonds. The van der Waals surface area contributed by atoms with Crippen LogP contribution >= 0.6 is 0 Å². The van der Waals surface area contributed by atoms with Crippen molar-refractivity contribution in [2.75, 3.05) is 6.79 Å². The molecule has 1 heterocycles. The van der Waals surface area contributed by atoms with Crippen molar-refractivity contribution in [3.8, 4) is 11.5 Å². The molecule has 3 heteroatoms. The van der Waals surface area contributed by atoms with Gasteiger partial charge >= 0.3 is 0 Å². The van der Waals surface area contributed by atoms with E-state index < -0.39 is 6.17 Å². The lowest BCUT2D eigenvalue weighted by atomic mass is 10.1. The van der Waals surface area contributed by atoms with Crippen molar-refractivity contribution in [1.29, 1.82) is 0 Å². The Labute approximate surface area is 76.3 Å². The molecule has 0 radical (unpaired) electrons. The number of hydrogen-bond acceptors (Lipinski definition) is 2. The molecule has 1 aromatic carbocycles. The number of fused-ring (bicyclic) bond motifs is 1. The molecule has 0 aromatic heterocycles. The van der Waals surface area contributed by atoms with Gasteiger partial charge in [-0.3, -0.25) is 0 Å². The first-order valence-electron chi connectivity index (χ1n) is 4.28. The molecule has 1 aliphatic heterocycles. The minimum Gasteiger partial charge on any atom is -0.454 e. The highest BCUT2D eigenvalue weighted by molar-refractivity contribution is 5.44. The largest absolute Gasteiger partial charge is 0.454 e. The molecule has 70 valence electrons. The molecule has 1 atom stereocenters. The summed E-state index contributed by atoms with van der Waals surface area (Å²) in [4.78, 5) is 0. The molecule has 1 aromatic rings. The minimum absolute atomic E-state index is 0.268. The van der Waals surface area contributed by atoms with Gasteiger partial charge in [-0.1, -0.05) is 6.07 Å². The SMILES string of the molecule is CC(F)Cc1ccc2c(c1)OCO2. The van der Waals surface area contributed by atoms with Gasteiger partial charge in [0, 0.05) is 6.42 Å². The zero-order valence-corrected chi connectivity index (χ0v) is 7.42. The molecular weight excluding hydrogens is 171 g/mol. The Hall–Kier alpha value is -1.25. The van der Waals surface area contributed by atoms with Gasteiger partial charge in [0.1, 0.15) is 6.17 Å². The maximum absolute atomic E-state index is 12.7. The van der Waals surface area contributed by atoms with Crippen molar-refractivity contribution in [2.45, 2.75) is 19.5 Å². The van der Waals surface area contributed by atoms with Crippen LogP contribution in [0.3, 0.4) is 0 Å². The first-order valence-corrected chi connectivity index (χ1v) is 4.28. The Morgan fingerprint density at radius 1 is 1.38 bits per heavy atom. The predicted octanol–water partition coefficient (Wildman–Crippen LogP) is 2.32. The van der Waals surface area contributed by atoms with Gasteiger partial charge in [-0.15, -0.1) is 0 Å². The van der Waals surface area contributed by atoms with Crippen molar-refractivity contribution in [3.63, 3.8) is 0 Å². The highest BCUT2D eigenvalue weighted by Gasteiger charge is 2.13. The second-order valence-electron chi connectivity index (χ2n) is 3.17. The lowest BCUT2D eigenvalue weighted by Gasteiger charge is -2.03. The molecular formula is C10H11FO2. The van der Waals surface area contributed by atoms with E-state index in [0.29, 0.717) is 6.42 Å². The Morgan fingerprint density at radius 2 is 2.15 bits per heavy atom. The molecule has 0 saturated carbocycles. The molecule has 0 aliphatic carbocycles. The fourth-order valence-electron chi connectivity index (χ4n) is 1.39. The molecule has 1 aliphatic rings. The van der Waals surface area contributed by atoms with Crippen LogP contribution in [0.4, 0.5) is 4.39 Å². The van der Waals surface area contributed by atoms with E-state index in [9.17, 15) is 4.39 Å². The van der Waals surface area contributed by atoms with Crippen LogP contribution in [-0.4, -0.2) is 13.0 Å². The summed E-state index contributed by atoms with van der Waals surface area (Å²) in [5, 5.41) is 0. The zero-order chi connectivity index (χ0) is 9.26. The standard InChI is InChI=1S/C10H11FO2/c1-7(11)4-8-2-3-9-10(5-8)13-6-12-9/h2-3,5,7H,4,6H2,1H3. The van der Waals surface area contributed by atoms with Crippen LogP contribution in [-0.2, 0) is 6.42 Å². The lowest BCUT2D eigenvalue weighted by Crippen LogP contribution is -1.97. The number of benzene rings is 1. The number of halogens is 1. The maximum Gasteiger partial charge on any atom is 0.231 e. The van der Waals surface area contributed by atoms with Crippen LogP contribution in [0.5, 0.6) is 11.5 Å². The highest BCUT2D eigenvalue weighted by Crippen LogP contribution is 2.32. The molecule has 2 rings (SSSR count). The van der Waals surface area contributed by atoms with E-state index >= 15 is 0 Å². The molecule has 13 heavy (non-hydrogen) atoms. The third-order valence-corrected chi connectivity index (χ3v) is 1.95. The Kier molecular flexibility index (Phi) is 2.08. The molecule has 0 fully saturated rings. The van der Waals surface area contributed by atoms with E-state index in [-0.39, 0.29) is 6.79 Å². The fourth-order valence-corrected chi connectivity index (χ4v) is 1.39. The van der Waals surface area contributed by atoms with Crippen molar-refractivity contribution < 1.29 is 13.9 Å². The van der Waals surface area contributed by atoms with Crippen LogP contribution in [0.25, 0.3) is 0 Å². The van der Waals surface area contributed by atoms with E-state index in [4.69, 9.17) is 9.47 Å². The van der Waals surface area contributed by atoms with E-state index in [1.807, 2.05) is 18.2 Å². The first-order chi connectivity index (χ1) is 6.25. The third kappa shape index (κ3) is 1.74. The molecule has 0 spiro atoms. The highest BCUT2D eigenvalue weighted by atomic mass is 19.1. The second-order valence-corrected chi connectivity index (χ2v) is 3.17. The van der Waals surface area contributed by atoms with Gasteiger partial charge in [-0.25, -0.2) is 4.39 Å². The normalized spacial score (nSPS) is 15.8. The van der Waals surface area contributed by atoms with E-state index in [1.54, 1.807) is 6.92 Å². The summed E-state index contributed by atoms with van der Waals surface area (Å²) in [6.45, 7) is 1.81. The Balaban J connectivity index is 2.21. The van der Waals surface area contributed by atoms with Gasteiger partial charge in [-0.05, 0) is 24.6 Å². The smallest absolute Gasteiger partial charge is 0.231 e. The number of ether oxygens (including phenoxy) is 2. The topological polar surface area (TPSA) is 18.5 Å². The van der Waals surface area contributed by atoms with Gasteiger partial charge in [0.15, 0.2) is 11.5 Å². The van der Waals surface area contributed by atoms with Crippen LogP contribution in [0.1, 0.15) is 12.5 Å². The van der Waals surface area contributed by atoms with Gasteiger partial charge in [0.05, 0.1) is 0 Å². The summed E-state index contributed by atoms with van der Waals surface area (Å²) in [5.41, 5.74) is 0.944. The number of rotatable bonds is 2. The number of alkyl halides is 1. The predicted molar refractivity (Wildman–Crippen MR) is 46.8 cm³/mol. The van der Waals surface area contributed by atoms with E-state index in [2.05, 4.69) is 0 Å². The van der Waals surface area contributed by atoms with E-state index in [0.717, 1.165) is 17.1 Å². The van der Waals surface area contributed by atoms with Crippen molar-refractivity contribution in [1.82, 2.24) is 0 Å². The van der Waals surface area contributed by atoms with Gasteiger partial charge in [0.2, 0.25) is 6.79 Å². The summed E-state index contributed by atoms with van der Waals surface area (Å²) in [7, 11) is 0. The monoisotopic (exact) mass is 182 g/mol. The Morgan fingerprint density at radius 3 is 2.92 bits per heavy atom.